The van der Waals surface area contributed by atoms with Crippen LogP contribution >= 0.6 is 0 Å². The minimum absolute atomic E-state index is 0.249. The molecule has 1 fully saturated rings. The lowest BCUT2D eigenvalue weighted by Crippen LogP contribution is -2.42. The maximum Gasteiger partial charge on any atom is 0.192 e. The van der Waals surface area contributed by atoms with Gasteiger partial charge in [0, 0.05) is 5.56 Å². The quantitative estimate of drug-likeness (QED) is 0.703. The summed E-state index contributed by atoms with van der Waals surface area (Å²) in [7, 11) is 0. The van der Waals surface area contributed by atoms with E-state index in [1.165, 1.54) is 0 Å². The Hall–Kier alpha value is -0.860. The molecule has 0 saturated carbocycles. The summed E-state index contributed by atoms with van der Waals surface area (Å²) in [5, 5.41) is 0. The molecule has 2 rings (SSSR count). The van der Waals surface area contributed by atoms with Gasteiger partial charge in [0.1, 0.15) is 0 Å². The first kappa shape index (κ1) is 10.7. The minimum Gasteiger partial charge on any atom is -0.343 e. The molecule has 1 aromatic rings. The van der Waals surface area contributed by atoms with Crippen molar-refractivity contribution in [3.05, 3.63) is 35.9 Å². The zero-order chi connectivity index (χ0) is 10.9. The van der Waals surface area contributed by atoms with Crippen molar-refractivity contribution in [1.29, 1.82) is 0 Å². The maximum atomic E-state index is 5.91. The van der Waals surface area contributed by atoms with Crippen molar-refractivity contribution in [2.45, 2.75) is 45.2 Å². The normalized spacial score (nSPS) is 36.5. The Kier molecular flexibility index (Phi) is 2.81. The summed E-state index contributed by atoms with van der Waals surface area (Å²) >= 11 is 0. The largest absolute Gasteiger partial charge is 0.343 e. The Labute approximate surface area is 91.2 Å². The van der Waals surface area contributed by atoms with Crippen LogP contribution in [0.15, 0.2) is 30.3 Å². The van der Waals surface area contributed by atoms with Gasteiger partial charge in [-0.25, -0.2) is 0 Å². The number of hydrogen-bond donors (Lipinski definition) is 0. The van der Waals surface area contributed by atoms with Crippen LogP contribution in [0.5, 0.6) is 0 Å². The predicted octanol–water partition coefficient (Wildman–Crippen LogP) is 3.07. The van der Waals surface area contributed by atoms with E-state index >= 15 is 0 Å². The molecule has 2 nitrogen and oxygen atoms in total. The molecule has 1 saturated heterocycles. The number of ether oxygens (including phenoxy) is 2. The first-order valence-electron chi connectivity index (χ1n) is 5.51. The van der Waals surface area contributed by atoms with Gasteiger partial charge >= 0.3 is 0 Å². The Morgan fingerprint density at radius 1 is 1.07 bits per heavy atom. The van der Waals surface area contributed by atoms with Gasteiger partial charge < -0.3 is 9.47 Å². The standard InChI is InChI=1S/C13H18O2/c1-10-9-11(2)15-13(3,14-10)12-7-5-4-6-8-12/h4-8,10-11H,9H2,1-3H3/t10-,11-/m0/s1. The minimum atomic E-state index is -0.585. The fourth-order valence-electron chi connectivity index (χ4n) is 2.24. The molecular formula is C13H18O2. The van der Waals surface area contributed by atoms with Gasteiger partial charge in [-0.1, -0.05) is 30.3 Å². The van der Waals surface area contributed by atoms with E-state index in [2.05, 4.69) is 13.8 Å². The Bertz CT molecular complexity index is 311. The fraction of sp³-hybridized carbons (Fsp3) is 0.538. The van der Waals surface area contributed by atoms with Gasteiger partial charge in [0.15, 0.2) is 5.79 Å². The van der Waals surface area contributed by atoms with E-state index < -0.39 is 5.79 Å². The van der Waals surface area contributed by atoms with Crippen molar-refractivity contribution in [1.82, 2.24) is 0 Å². The van der Waals surface area contributed by atoms with Crippen LogP contribution in [0.3, 0.4) is 0 Å². The van der Waals surface area contributed by atoms with Gasteiger partial charge in [-0.15, -0.1) is 0 Å². The monoisotopic (exact) mass is 206 g/mol. The van der Waals surface area contributed by atoms with Crippen LogP contribution in [0.4, 0.5) is 0 Å². The average Bonchev–Trinajstić information content (AvgIpc) is 2.17. The third kappa shape index (κ3) is 2.21. The zero-order valence-electron chi connectivity index (χ0n) is 9.57. The van der Waals surface area contributed by atoms with E-state index in [0.29, 0.717) is 0 Å². The molecule has 2 atom stereocenters. The second-order valence-electron chi connectivity index (χ2n) is 4.40. The van der Waals surface area contributed by atoms with E-state index in [-0.39, 0.29) is 12.2 Å². The Morgan fingerprint density at radius 2 is 1.60 bits per heavy atom. The molecule has 0 unspecified atom stereocenters. The topological polar surface area (TPSA) is 18.5 Å². The summed E-state index contributed by atoms with van der Waals surface area (Å²) in [5.41, 5.74) is 1.09. The molecule has 1 aliphatic rings. The highest BCUT2D eigenvalue weighted by Gasteiger charge is 2.37. The molecule has 1 heterocycles. The lowest BCUT2D eigenvalue weighted by atomic mass is 10.0. The van der Waals surface area contributed by atoms with Crippen molar-refractivity contribution >= 4 is 0 Å². The third-order valence-electron chi connectivity index (χ3n) is 2.81. The Balaban J connectivity index is 2.26. The molecule has 0 amide bonds. The van der Waals surface area contributed by atoms with Crippen molar-refractivity contribution in [3.8, 4) is 0 Å². The summed E-state index contributed by atoms with van der Waals surface area (Å²) in [6, 6.07) is 10.1. The zero-order valence-corrected chi connectivity index (χ0v) is 9.57. The molecule has 82 valence electrons. The number of rotatable bonds is 1. The first-order chi connectivity index (χ1) is 7.10. The van der Waals surface area contributed by atoms with Gasteiger partial charge in [0.05, 0.1) is 12.2 Å². The van der Waals surface area contributed by atoms with Gasteiger partial charge in [-0.2, -0.15) is 0 Å². The van der Waals surface area contributed by atoms with E-state index in [1.807, 2.05) is 37.3 Å². The number of hydrogen-bond acceptors (Lipinski definition) is 2. The summed E-state index contributed by atoms with van der Waals surface area (Å²) in [5.74, 6) is -0.585. The molecule has 0 N–H and O–H groups in total. The summed E-state index contributed by atoms with van der Waals surface area (Å²) < 4.78 is 11.8. The number of benzene rings is 1. The van der Waals surface area contributed by atoms with Gasteiger partial charge in [-0.3, -0.25) is 0 Å². The van der Waals surface area contributed by atoms with Crippen molar-refractivity contribution in [2.75, 3.05) is 0 Å². The third-order valence-corrected chi connectivity index (χ3v) is 2.81. The molecule has 0 radical (unpaired) electrons. The first-order valence-corrected chi connectivity index (χ1v) is 5.51. The van der Waals surface area contributed by atoms with E-state index in [1.54, 1.807) is 0 Å². The molecule has 0 bridgehead atoms. The molecule has 0 aromatic heterocycles. The van der Waals surface area contributed by atoms with E-state index in [4.69, 9.17) is 9.47 Å². The molecular weight excluding hydrogens is 188 g/mol. The van der Waals surface area contributed by atoms with Crippen molar-refractivity contribution < 1.29 is 9.47 Å². The molecule has 0 aliphatic carbocycles. The summed E-state index contributed by atoms with van der Waals surface area (Å²) in [6.45, 7) is 6.19. The molecule has 2 heteroatoms. The fourth-order valence-corrected chi connectivity index (χ4v) is 2.24. The van der Waals surface area contributed by atoms with E-state index in [9.17, 15) is 0 Å². The molecule has 0 spiro atoms. The average molecular weight is 206 g/mol. The SMILES string of the molecule is C[C@H]1C[C@H](C)OC(C)(c2ccccc2)O1. The second kappa shape index (κ2) is 3.95. The maximum absolute atomic E-state index is 5.91. The van der Waals surface area contributed by atoms with Gasteiger partial charge in [0.25, 0.3) is 0 Å². The lowest BCUT2D eigenvalue weighted by Gasteiger charge is -2.41. The van der Waals surface area contributed by atoms with Crippen LogP contribution < -0.4 is 0 Å². The van der Waals surface area contributed by atoms with Crippen LogP contribution in [-0.2, 0) is 15.3 Å². The highest BCUT2D eigenvalue weighted by atomic mass is 16.7. The van der Waals surface area contributed by atoms with Crippen LogP contribution in [-0.4, -0.2) is 12.2 Å². The van der Waals surface area contributed by atoms with Crippen molar-refractivity contribution in [2.24, 2.45) is 0 Å². The Morgan fingerprint density at radius 3 is 2.13 bits per heavy atom. The van der Waals surface area contributed by atoms with Gasteiger partial charge in [-0.05, 0) is 27.2 Å². The van der Waals surface area contributed by atoms with Crippen LogP contribution in [0.2, 0.25) is 0 Å². The molecule has 1 aromatic carbocycles. The molecule has 1 aliphatic heterocycles. The van der Waals surface area contributed by atoms with E-state index in [0.717, 1.165) is 12.0 Å². The lowest BCUT2D eigenvalue weighted by molar-refractivity contribution is -0.311. The highest BCUT2D eigenvalue weighted by molar-refractivity contribution is 5.20. The second-order valence-corrected chi connectivity index (χ2v) is 4.40. The van der Waals surface area contributed by atoms with Crippen LogP contribution in [0.25, 0.3) is 0 Å². The summed E-state index contributed by atoms with van der Waals surface area (Å²) in [6.07, 6.45) is 1.46. The summed E-state index contributed by atoms with van der Waals surface area (Å²) in [4.78, 5) is 0. The smallest absolute Gasteiger partial charge is 0.192 e. The van der Waals surface area contributed by atoms with Crippen LogP contribution in [0, 0.1) is 0 Å². The molecule has 15 heavy (non-hydrogen) atoms. The highest BCUT2D eigenvalue weighted by Crippen LogP contribution is 2.35. The van der Waals surface area contributed by atoms with Gasteiger partial charge in [0.2, 0.25) is 0 Å². The van der Waals surface area contributed by atoms with Crippen LogP contribution in [0.1, 0.15) is 32.8 Å². The predicted molar refractivity (Wildman–Crippen MR) is 59.5 cm³/mol. The van der Waals surface area contributed by atoms with Crippen molar-refractivity contribution in [3.63, 3.8) is 0 Å².